The van der Waals surface area contributed by atoms with Gasteiger partial charge in [0.05, 0.1) is 18.1 Å². The molecule has 5 heterocycles. The summed E-state index contributed by atoms with van der Waals surface area (Å²) in [6.07, 6.45) is 3.82. The number of sulfonamides is 1. The van der Waals surface area contributed by atoms with Gasteiger partial charge in [0.15, 0.2) is 5.65 Å². The van der Waals surface area contributed by atoms with Crippen LogP contribution in [0.5, 0.6) is 0 Å². The molecular weight excluding hydrogens is 426 g/mol. The molecule has 1 spiro atoms. The van der Waals surface area contributed by atoms with E-state index in [-0.39, 0.29) is 11.1 Å². The van der Waals surface area contributed by atoms with Crippen molar-refractivity contribution in [3.8, 4) is 11.4 Å². The van der Waals surface area contributed by atoms with Crippen LogP contribution in [0.3, 0.4) is 0 Å². The highest BCUT2D eigenvalue weighted by Gasteiger charge is 2.48. The van der Waals surface area contributed by atoms with Crippen molar-refractivity contribution in [3.63, 3.8) is 0 Å². The smallest absolute Gasteiger partial charge is 0.282 e. The van der Waals surface area contributed by atoms with Gasteiger partial charge in [-0.3, -0.25) is 4.98 Å². The Kier molecular flexibility index (Phi) is 4.70. The summed E-state index contributed by atoms with van der Waals surface area (Å²) in [5, 5.41) is 4.02. The molecule has 2 aliphatic heterocycles. The van der Waals surface area contributed by atoms with Crippen LogP contribution in [0.2, 0.25) is 0 Å². The van der Waals surface area contributed by atoms with E-state index in [9.17, 15) is 17.2 Å². The van der Waals surface area contributed by atoms with Gasteiger partial charge in [0.2, 0.25) is 10.0 Å². The van der Waals surface area contributed by atoms with E-state index >= 15 is 0 Å². The Hall–Kier alpha value is -2.66. The second kappa shape index (κ2) is 7.20. The van der Waals surface area contributed by atoms with Crippen LogP contribution < -0.4 is 4.90 Å². The lowest BCUT2D eigenvalue weighted by Gasteiger charge is -2.54. The standard InChI is InChI=1S/C20H22F2N6O2S/c1-31(29,30)27-12-20(13-27)6-2-8-26(11-20)14-5-7-23-16(9-14)17-10-24-18-4-3-15(19(21)22)25-28(17)18/h3-5,7,9-10,19H,2,6,8,11-13H2,1H3. The predicted molar refractivity (Wildman–Crippen MR) is 111 cm³/mol. The number of piperidine rings is 1. The number of hydrogen-bond acceptors (Lipinski definition) is 6. The quantitative estimate of drug-likeness (QED) is 0.610. The SMILES string of the molecule is CS(=O)(=O)N1CC2(CCCN(c3ccnc(-c4cnc5ccc(C(F)F)nn45)c3)C2)C1. The largest absolute Gasteiger partial charge is 0.371 e. The van der Waals surface area contributed by atoms with Crippen LogP contribution in [0.15, 0.2) is 36.7 Å². The number of halogens is 2. The lowest BCUT2D eigenvalue weighted by Crippen LogP contribution is -2.64. The Labute approximate surface area is 178 Å². The molecule has 2 aliphatic rings. The minimum Gasteiger partial charge on any atom is -0.371 e. The lowest BCUT2D eigenvalue weighted by molar-refractivity contribution is 0.0542. The Bertz CT molecular complexity index is 1240. The second-order valence-corrected chi connectivity index (χ2v) is 10.4. The summed E-state index contributed by atoms with van der Waals surface area (Å²) in [6, 6.07) is 6.61. The Morgan fingerprint density at radius 1 is 1.13 bits per heavy atom. The van der Waals surface area contributed by atoms with Crippen molar-refractivity contribution in [2.75, 3.05) is 37.3 Å². The summed E-state index contributed by atoms with van der Waals surface area (Å²) in [4.78, 5) is 10.9. The summed E-state index contributed by atoms with van der Waals surface area (Å²) in [5.74, 6) is 0. The van der Waals surface area contributed by atoms with Crippen molar-refractivity contribution in [3.05, 3.63) is 42.4 Å². The van der Waals surface area contributed by atoms with E-state index in [0.29, 0.717) is 30.1 Å². The van der Waals surface area contributed by atoms with E-state index in [1.54, 1.807) is 12.4 Å². The molecule has 31 heavy (non-hydrogen) atoms. The van der Waals surface area contributed by atoms with Crippen molar-refractivity contribution >= 4 is 21.4 Å². The first-order valence-electron chi connectivity index (χ1n) is 10.0. The number of nitrogens with zero attached hydrogens (tertiary/aromatic N) is 6. The minimum atomic E-state index is -3.16. The van der Waals surface area contributed by atoms with E-state index in [0.717, 1.165) is 31.6 Å². The van der Waals surface area contributed by atoms with Gasteiger partial charge in [-0.2, -0.15) is 5.10 Å². The van der Waals surface area contributed by atoms with Gasteiger partial charge in [-0.1, -0.05) is 0 Å². The fourth-order valence-corrected chi connectivity index (χ4v) is 5.57. The summed E-state index contributed by atoms with van der Waals surface area (Å²) >= 11 is 0. The number of fused-ring (bicyclic) bond motifs is 1. The summed E-state index contributed by atoms with van der Waals surface area (Å²) in [6.45, 7) is 2.73. The molecule has 0 saturated carbocycles. The van der Waals surface area contributed by atoms with Crippen LogP contribution in [0, 0.1) is 5.41 Å². The maximum absolute atomic E-state index is 13.1. The van der Waals surface area contributed by atoms with Gasteiger partial charge in [-0.25, -0.2) is 31.0 Å². The zero-order valence-corrected chi connectivity index (χ0v) is 17.8. The number of rotatable bonds is 4. The molecule has 8 nitrogen and oxygen atoms in total. The van der Waals surface area contributed by atoms with Crippen molar-refractivity contribution in [1.29, 1.82) is 0 Å². The second-order valence-electron chi connectivity index (χ2n) is 8.43. The van der Waals surface area contributed by atoms with E-state index in [1.165, 1.54) is 27.2 Å². The molecule has 0 amide bonds. The Morgan fingerprint density at radius 2 is 1.94 bits per heavy atom. The third-order valence-electron chi connectivity index (χ3n) is 6.13. The number of pyridine rings is 1. The van der Waals surface area contributed by atoms with Crippen molar-refractivity contribution < 1.29 is 17.2 Å². The number of aromatic nitrogens is 4. The molecule has 0 aliphatic carbocycles. The van der Waals surface area contributed by atoms with E-state index in [2.05, 4.69) is 20.0 Å². The van der Waals surface area contributed by atoms with E-state index in [1.807, 2.05) is 12.1 Å². The summed E-state index contributed by atoms with van der Waals surface area (Å²) in [7, 11) is -3.16. The highest BCUT2D eigenvalue weighted by Crippen LogP contribution is 2.41. The molecule has 2 saturated heterocycles. The normalized spacial score (nSPS) is 19.3. The van der Waals surface area contributed by atoms with Crippen LogP contribution in [0.4, 0.5) is 14.5 Å². The van der Waals surface area contributed by atoms with Crippen LogP contribution in [-0.2, 0) is 10.0 Å². The average molecular weight is 448 g/mol. The first kappa shape index (κ1) is 20.3. The van der Waals surface area contributed by atoms with Gasteiger partial charge in [0, 0.05) is 43.5 Å². The predicted octanol–water partition coefficient (Wildman–Crippen LogP) is 2.59. The van der Waals surface area contributed by atoms with Crippen LogP contribution in [0.1, 0.15) is 25.0 Å². The van der Waals surface area contributed by atoms with E-state index < -0.39 is 16.4 Å². The third-order valence-corrected chi connectivity index (χ3v) is 7.33. The third kappa shape index (κ3) is 3.65. The highest BCUT2D eigenvalue weighted by molar-refractivity contribution is 7.88. The molecule has 0 unspecified atom stereocenters. The number of anilines is 1. The molecule has 0 aromatic carbocycles. The van der Waals surface area contributed by atoms with Crippen molar-refractivity contribution in [2.24, 2.45) is 5.41 Å². The molecule has 11 heteroatoms. The summed E-state index contributed by atoms with van der Waals surface area (Å²) in [5.41, 5.74) is 2.22. The van der Waals surface area contributed by atoms with Gasteiger partial charge in [0.25, 0.3) is 6.43 Å². The summed E-state index contributed by atoms with van der Waals surface area (Å²) < 4.78 is 52.7. The molecule has 5 rings (SSSR count). The fraction of sp³-hybridized carbons (Fsp3) is 0.450. The highest BCUT2D eigenvalue weighted by atomic mass is 32.2. The topological polar surface area (TPSA) is 83.7 Å². The molecule has 0 atom stereocenters. The first-order chi connectivity index (χ1) is 14.7. The molecule has 0 bridgehead atoms. The van der Waals surface area contributed by atoms with Gasteiger partial charge in [0.1, 0.15) is 11.4 Å². The zero-order chi connectivity index (χ0) is 21.8. The molecule has 0 radical (unpaired) electrons. The zero-order valence-electron chi connectivity index (χ0n) is 16.9. The first-order valence-corrected chi connectivity index (χ1v) is 11.9. The maximum atomic E-state index is 13.1. The molecule has 3 aromatic heterocycles. The molecule has 3 aromatic rings. The van der Waals surface area contributed by atoms with Crippen molar-refractivity contribution in [2.45, 2.75) is 19.3 Å². The number of alkyl halides is 2. The van der Waals surface area contributed by atoms with Crippen molar-refractivity contribution in [1.82, 2.24) is 23.9 Å². The number of imidazole rings is 1. The maximum Gasteiger partial charge on any atom is 0.282 e. The van der Waals surface area contributed by atoms with Gasteiger partial charge < -0.3 is 4.90 Å². The average Bonchev–Trinajstić information content (AvgIpc) is 3.14. The molecule has 0 N–H and O–H groups in total. The number of hydrogen-bond donors (Lipinski definition) is 0. The monoisotopic (exact) mass is 448 g/mol. The van der Waals surface area contributed by atoms with Crippen LogP contribution >= 0.6 is 0 Å². The Morgan fingerprint density at radius 3 is 2.68 bits per heavy atom. The van der Waals surface area contributed by atoms with Gasteiger partial charge in [-0.15, -0.1) is 0 Å². The molecular formula is C20H22F2N6O2S. The molecule has 164 valence electrons. The van der Waals surface area contributed by atoms with Crippen LogP contribution in [0.25, 0.3) is 17.0 Å². The fourth-order valence-electron chi connectivity index (χ4n) is 4.56. The van der Waals surface area contributed by atoms with E-state index in [4.69, 9.17) is 0 Å². The van der Waals surface area contributed by atoms with Crippen LogP contribution in [-0.4, -0.2) is 64.7 Å². The Balaban J connectivity index is 1.42. The van der Waals surface area contributed by atoms with Gasteiger partial charge >= 0.3 is 0 Å². The lowest BCUT2D eigenvalue weighted by atomic mass is 9.74. The van der Waals surface area contributed by atoms with Gasteiger partial charge in [-0.05, 0) is 37.1 Å². The molecule has 2 fully saturated rings. The minimum absolute atomic E-state index is 0.0260.